The van der Waals surface area contributed by atoms with Crippen LogP contribution in [0.25, 0.3) is 11.1 Å². The van der Waals surface area contributed by atoms with Gasteiger partial charge in [-0.25, -0.2) is 9.67 Å². The van der Waals surface area contributed by atoms with Gasteiger partial charge in [-0.2, -0.15) is 9.37 Å². The standard InChI is InChI=1S/C27H36FN5O3SSi/c1-18-15-19-7-6-8-21(19)25(24(18)20-9-11-29-22(28)16-20)30-26-31-27(37-13-10-23(34)35-2)32-33(26)17-36-12-14-38(3,4)5/h9,11,15-16H,6-8,10,12-14,17H2,1-5H3,(H,30,31,32). The molecule has 0 aliphatic heterocycles. The van der Waals surface area contributed by atoms with Gasteiger partial charge >= 0.3 is 5.97 Å². The van der Waals surface area contributed by atoms with Crippen LogP contribution in [0.15, 0.2) is 29.6 Å². The molecule has 38 heavy (non-hydrogen) atoms. The summed E-state index contributed by atoms with van der Waals surface area (Å²) in [6.45, 7) is 9.91. The Morgan fingerprint density at radius 2 is 2.08 bits per heavy atom. The fourth-order valence-electron chi connectivity index (χ4n) is 4.50. The van der Waals surface area contributed by atoms with E-state index in [0.717, 1.165) is 47.7 Å². The van der Waals surface area contributed by atoms with Crippen molar-refractivity contribution in [1.82, 2.24) is 19.7 Å². The first-order valence-electron chi connectivity index (χ1n) is 12.9. The largest absolute Gasteiger partial charge is 0.469 e. The summed E-state index contributed by atoms with van der Waals surface area (Å²) in [5.74, 6) is 0.272. The highest BCUT2D eigenvalue weighted by atomic mass is 32.2. The van der Waals surface area contributed by atoms with Crippen LogP contribution in [0.3, 0.4) is 0 Å². The number of hydrogen-bond acceptors (Lipinski definition) is 8. The van der Waals surface area contributed by atoms with Gasteiger partial charge in [0.1, 0.15) is 6.73 Å². The zero-order valence-electron chi connectivity index (χ0n) is 22.8. The number of aryl methyl sites for hydroxylation is 2. The fourth-order valence-corrected chi connectivity index (χ4v) is 6.01. The Morgan fingerprint density at radius 3 is 2.82 bits per heavy atom. The number of carbonyl (C=O) groups is 1. The maximum atomic E-state index is 14.1. The second kappa shape index (κ2) is 12.4. The van der Waals surface area contributed by atoms with Gasteiger partial charge in [0.05, 0.1) is 19.2 Å². The minimum absolute atomic E-state index is 0.255. The van der Waals surface area contributed by atoms with Crippen LogP contribution in [-0.2, 0) is 33.8 Å². The van der Waals surface area contributed by atoms with Crippen LogP contribution in [-0.4, -0.2) is 53.3 Å². The number of nitrogens with one attached hydrogen (secondary N) is 1. The molecule has 0 atom stereocenters. The molecule has 0 radical (unpaired) electrons. The number of thioether (sulfide) groups is 1. The number of pyridine rings is 1. The van der Waals surface area contributed by atoms with Crippen LogP contribution in [0.1, 0.15) is 29.5 Å². The predicted molar refractivity (Wildman–Crippen MR) is 151 cm³/mol. The van der Waals surface area contributed by atoms with Crippen LogP contribution in [0, 0.1) is 12.9 Å². The van der Waals surface area contributed by atoms with Crippen molar-refractivity contribution >= 4 is 37.4 Å². The molecule has 1 aliphatic carbocycles. The average molecular weight is 558 g/mol. The number of anilines is 2. The number of benzene rings is 1. The van der Waals surface area contributed by atoms with E-state index in [2.05, 4.69) is 48.0 Å². The van der Waals surface area contributed by atoms with Gasteiger partial charge in [-0.3, -0.25) is 4.79 Å². The first-order valence-corrected chi connectivity index (χ1v) is 17.6. The third-order valence-corrected chi connectivity index (χ3v) is 9.02. The maximum absolute atomic E-state index is 14.1. The van der Waals surface area contributed by atoms with Gasteiger partial charge in [0, 0.05) is 38.3 Å². The summed E-state index contributed by atoms with van der Waals surface area (Å²) >= 11 is 1.39. The van der Waals surface area contributed by atoms with Crippen molar-refractivity contribution in [3.05, 3.63) is 47.0 Å². The zero-order valence-corrected chi connectivity index (χ0v) is 24.6. The molecular weight excluding hydrogens is 521 g/mol. The van der Waals surface area contributed by atoms with E-state index in [0.29, 0.717) is 23.5 Å². The van der Waals surface area contributed by atoms with Gasteiger partial charge in [0.15, 0.2) is 0 Å². The van der Waals surface area contributed by atoms with E-state index in [1.807, 2.05) is 6.07 Å². The zero-order chi connectivity index (χ0) is 27.3. The lowest BCUT2D eigenvalue weighted by atomic mass is 9.93. The van der Waals surface area contributed by atoms with E-state index in [-0.39, 0.29) is 19.1 Å². The topological polar surface area (TPSA) is 91.2 Å². The molecule has 0 bridgehead atoms. The van der Waals surface area contributed by atoms with Crippen LogP contribution in [0.5, 0.6) is 0 Å². The van der Waals surface area contributed by atoms with Crippen molar-refractivity contribution in [2.75, 3.05) is 24.8 Å². The van der Waals surface area contributed by atoms with E-state index in [4.69, 9.17) is 14.5 Å². The summed E-state index contributed by atoms with van der Waals surface area (Å²) in [4.78, 5) is 20.1. The molecule has 1 N–H and O–H groups in total. The molecule has 11 heteroatoms. The number of nitrogens with zero attached hydrogens (tertiary/aromatic N) is 4. The number of ether oxygens (including phenoxy) is 2. The number of esters is 1. The molecule has 0 unspecified atom stereocenters. The van der Waals surface area contributed by atoms with Gasteiger partial charge in [-0.15, -0.1) is 5.10 Å². The van der Waals surface area contributed by atoms with E-state index in [1.165, 1.54) is 42.3 Å². The summed E-state index contributed by atoms with van der Waals surface area (Å²) in [5, 5.41) is 8.77. The summed E-state index contributed by atoms with van der Waals surface area (Å²) in [6, 6.07) is 6.55. The molecule has 0 fully saturated rings. The van der Waals surface area contributed by atoms with Crippen molar-refractivity contribution in [1.29, 1.82) is 0 Å². The van der Waals surface area contributed by atoms with Gasteiger partial charge < -0.3 is 14.8 Å². The molecule has 1 aliphatic rings. The molecule has 1 aromatic carbocycles. The second-order valence-corrected chi connectivity index (χ2v) is 17.4. The SMILES string of the molecule is COC(=O)CCSc1nc(Nc2c3c(cc(C)c2-c2ccnc(F)c2)CCC3)n(COCC[Si](C)(C)C)n1. The molecule has 204 valence electrons. The maximum Gasteiger partial charge on any atom is 0.306 e. The van der Waals surface area contributed by atoms with Crippen molar-refractivity contribution in [3.8, 4) is 11.1 Å². The summed E-state index contributed by atoms with van der Waals surface area (Å²) in [6.07, 6.45) is 4.77. The smallest absolute Gasteiger partial charge is 0.306 e. The van der Waals surface area contributed by atoms with Gasteiger partial charge in [-0.1, -0.05) is 37.5 Å². The molecule has 3 aromatic rings. The normalized spacial score (nSPS) is 13.0. The highest BCUT2D eigenvalue weighted by molar-refractivity contribution is 7.99. The van der Waals surface area contributed by atoms with Crippen LogP contribution < -0.4 is 5.32 Å². The van der Waals surface area contributed by atoms with Gasteiger partial charge in [0.25, 0.3) is 0 Å². The lowest BCUT2D eigenvalue weighted by molar-refractivity contribution is -0.140. The molecule has 0 spiro atoms. The number of halogens is 1. The fraction of sp³-hybridized carbons (Fsp3) is 0.481. The highest BCUT2D eigenvalue weighted by Gasteiger charge is 2.24. The van der Waals surface area contributed by atoms with Gasteiger partial charge in [0.2, 0.25) is 17.1 Å². The Kier molecular flexibility index (Phi) is 9.22. The number of methoxy groups -OCH3 is 1. The van der Waals surface area contributed by atoms with Crippen molar-refractivity contribution in [3.63, 3.8) is 0 Å². The first-order chi connectivity index (χ1) is 18.1. The minimum atomic E-state index is -1.23. The Hall–Kier alpha value is -2.76. The van der Waals surface area contributed by atoms with Crippen molar-refractivity contribution in [2.45, 2.75) is 70.2 Å². The van der Waals surface area contributed by atoms with Crippen LogP contribution >= 0.6 is 11.8 Å². The molecule has 0 amide bonds. The summed E-state index contributed by atoms with van der Waals surface area (Å²) in [5.41, 5.74) is 6.19. The van der Waals surface area contributed by atoms with E-state index in [9.17, 15) is 9.18 Å². The number of rotatable bonds is 12. The third-order valence-electron chi connectivity index (χ3n) is 6.48. The third kappa shape index (κ3) is 7.21. The summed E-state index contributed by atoms with van der Waals surface area (Å²) in [7, 11) is 0.147. The van der Waals surface area contributed by atoms with Crippen molar-refractivity contribution in [2.24, 2.45) is 0 Å². The molecule has 0 saturated carbocycles. The lowest BCUT2D eigenvalue weighted by Crippen LogP contribution is -2.22. The Balaban J connectivity index is 1.67. The van der Waals surface area contributed by atoms with E-state index in [1.54, 1.807) is 4.68 Å². The quantitative estimate of drug-likeness (QED) is 0.0955. The van der Waals surface area contributed by atoms with Crippen LogP contribution in [0.4, 0.5) is 16.0 Å². The number of carbonyl (C=O) groups excluding carboxylic acids is 1. The molecule has 2 heterocycles. The van der Waals surface area contributed by atoms with Gasteiger partial charge in [-0.05, 0) is 60.6 Å². The monoisotopic (exact) mass is 557 g/mol. The molecule has 0 saturated heterocycles. The van der Waals surface area contributed by atoms with Crippen molar-refractivity contribution < 1.29 is 18.7 Å². The number of aromatic nitrogens is 4. The molecule has 4 rings (SSSR count). The Bertz CT molecular complexity index is 1290. The first kappa shape index (κ1) is 28.3. The second-order valence-electron chi connectivity index (χ2n) is 10.7. The minimum Gasteiger partial charge on any atom is -0.469 e. The molecule has 8 nitrogen and oxygen atoms in total. The van der Waals surface area contributed by atoms with E-state index >= 15 is 0 Å². The summed E-state index contributed by atoms with van der Waals surface area (Å²) < 4.78 is 26.6. The number of hydrogen-bond donors (Lipinski definition) is 1. The lowest BCUT2D eigenvalue weighted by Gasteiger charge is -2.20. The molecular formula is C27H36FN5O3SSi. The Morgan fingerprint density at radius 1 is 1.26 bits per heavy atom. The highest BCUT2D eigenvalue weighted by Crippen LogP contribution is 2.41. The number of fused-ring (bicyclic) bond motifs is 1. The van der Waals surface area contributed by atoms with Crippen LogP contribution in [0.2, 0.25) is 25.7 Å². The predicted octanol–water partition coefficient (Wildman–Crippen LogP) is 5.99. The average Bonchev–Trinajstić information content (AvgIpc) is 3.47. The Labute approximate surface area is 228 Å². The van der Waals surface area contributed by atoms with E-state index < -0.39 is 14.0 Å². The molecule has 2 aromatic heterocycles.